The summed E-state index contributed by atoms with van der Waals surface area (Å²) >= 11 is 5.94. The average Bonchev–Trinajstić information content (AvgIpc) is 2.84. The number of aryl methyl sites for hydroxylation is 2. The Balaban J connectivity index is 2.27. The molecule has 0 aliphatic heterocycles. The predicted octanol–water partition coefficient (Wildman–Crippen LogP) is 1.86. The predicted molar refractivity (Wildman–Crippen MR) is 82.2 cm³/mol. The van der Waals surface area contributed by atoms with Gasteiger partial charge in [-0.05, 0) is 32.0 Å². The first-order chi connectivity index (χ1) is 10.7. The first kappa shape index (κ1) is 17.3. The van der Waals surface area contributed by atoms with Gasteiger partial charge in [0, 0.05) is 5.69 Å². The van der Waals surface area contributed by atoms with Crippen LogP contribution in [0.25, 0.3) is 5.82 Å². The van der Waals surface area contributed by atoms with E-state index in [0.29, 0.717) is 5.82 Å². The quantitative estimate of drug-likeness (QED) is 0.867. The molecule has 2 aromatic heterocycles. The van der Waals surface area contributed by atoms with Crippen LogP contribution < -0.4 is 11.1 Å². The van der Waals surface area contributed by atoms with Crippen molar-refractivity contribution in [1.82, 2.24) is 20.1 Å². The van der Waals surface area contributed by atoms with Gasteiger partial charge >= 0.3 is 0 Å². The third-order valence-corrected chi connectivity index (χ3v) is 3.38. The highest BCUT2D eigenvalue weighted by molar-refractivity contribution is 6.33. The fraction of sp³-hybridized carbons (Fsp3) is 0.357. The highest BCUT2D eigenvalue weighted by atomic mass is 35.5. The number of hydrogen-bond donors (Lipinski definition) is 2. The smallest absolute Gasteiger partial charge is 0.277 e. The van der Waals surface area contributed by atoms with Crippen molar-refractivity contribution in [2.75, 3.05) is 13.1 Å². The van der Waals surface area contributed by atoms with E-state index < -0.39 is 24.9 Å². The molecule has 2 rings (SSSR count). The second kappa shape index (κ2) is 6.59. The van der Waals surface area contributed by atoms with E-state index in [-0.39, 0.29) is 10.7 Å². The summed E-state index contributed by atoms with van der Waals surface area (Å²) in [4.78, 5) is 16.2. The van der Waals surface area contributed by atoms with E-state index in [2.05, 4.69) is 15.4 Å². The Morgan fingerprint density at radius 3 is 2.70 bits per heavy atom. The number of hydrogen-bond acceptors (Lipinski definition) is 4. The van der Waals surface area contributed by atoms with Gasteiger partial charge in [0.05, 0.1) is 23.8 Å². The van der Waals surface area contributed by atoms with Crippen molar-refractivity contribution in [3.63, 3.8) is 0 Å². The van der Waals surface area contributed by atoms with Gasteiger partial charge in [-0.3, -0.25) is 4.79 Å². The molecule has 0 bridgehead atoms. The van der Waals surface area contributed by atoms with Crippen LogP contribution in [0, 0.1) is 13.8 Å². The van der Waals surface area contributed by atoms with Gasteiger partial charge in [-0.25, -0.2) is 18.4 Å². The molecule has 0 aliphatic carbocycles. The molecule has 0 radical (unpaired) electrons. The number of carbonyl (C=O) groups excluding carboxylic acids is 1. The number of rotatable bonds is 5. The van der Waals surface area contributed by atoms with Gasteiger partial charge in [-0.15, -0.1) is 0 Å². The van der Waals surface area contributed by atoms with Gasteiger partial charge in [-0.2, -0.15) is 5.10 Å². The third-order valence-electron chi connectivity index (χ3n) is 3.08. The number of nitrogens with one attached hydrogen (secondary N) is 1. The molecule has 9 heteroatoms. The summed E-state index contributed by atoms with van der Waals surface area (Å²) < 4.78 is 27.8. The number of amides is 1. The maximum Gasteiger partial charge on any atom is 0.277 e. The average molecular weight is 344 g/mol. The van der Waals surface area contributed by atoms with Crippen LogP contribution in [0.15, 0.2) is 18.2 Å². The molecule has 23 heavy (non-hydrogen) atoms. The molecule has 0 atom stereocenters. The van der Waals surface area contributed by atoms with Crippen molar-refractivity contribution in [3.05, 3.63) is 40.3 Å². The number of pyridine rings is 1. The number of carbonyl (C=O) groups is 1. The van der Waals surface area contributed by atoms with Crippen LogP contribution in [0.4, 0.5) is 8.78 Å². The zero-order valence-corrected chi connectivity index (χ0v) is 13.4. The lowest BCUT2D eigenvalue weighted by molar-refractivity contribution is 0.0118. The molecule has 0 fully saturated rings. The molecule has 0 unspecified atom stereocenters. The number of halogens is 3. The molecular weight excluding hydrogens is 328 g/mol. The van der Waals surface area contributed by atoms with E-state index in [9.17, 15) is 13.6 Å². The third kappa shape index (κ3) is 4.02. The Bertz CT molecular complexity index is 732. The van der Waals surface area contributed by atoms with Crippen molar-refractivity contribution in [2.45, 2.75) is 19.8 Å². The number of aromatic nitrogens is 3. The van der Waals surface area contributed by atoms with Crippen LogP contribution >= 0.6 is 11.6 Å². The van der Waals surface area contributed by atoms with Crippen molar-refractivity contribution < 1.29 is 13.6 Å². The van der Waals surface area contributed by atoms with Gasteiger partial charge in [0.25, 0.3) is 11.8 Å². The lowest BCUT2D eigenvalue weighted by atomic mass is 10.3. The van der Waals surface area contributed by atoms with Crippen molar-refractivity contribution in [1.29, 1.82) is 0 Å². The molecule has 0 aromatic carbocycles. The van der Waals surface area contributed by atoms with Crippen LogP contribution in [-0.4, -0.2) is 39.7 Å². The highest BCUT2D eigenvalue weighted by Gasteiger charge is 2.28. The van der Waals surface area contributed by atoms with E-state index in [4.69, 9.17) is 17.3 Å². The zero-order valence-electron chi connectivity index (χ0n) is 12.6. The fourth-order valence-corrected chi connectivity index (χ4v) is 2.13. The van der Waals surface area contributed by atoms with Crippen LogP contribution in [-0.2, 0) is 0 Å². The number of nitrogens with zero attached hydrogens (tertiary/aromatic N) is 3. The highest BCUT2D eigenvalue weighted by Crippen LogP contribution is 2.18. The minimum atomic E-state index is -3.19. The van der Waals surface area contributed by atoms with Gasteiger partial charge in [0.2, 0.25) is 0 Å². The Kier molecular flexibility index (Phi) is 4.96. The van der Waals surface area contributed by atoms with Gasteiger partial charge in [0.15, 0.2) is 5.82 Å². The molecule has 0 saturated carbocycles. The van der Waals surface area contributed by atoms with E-state index in [1.165, 1.54) is 10.7 Å². The normalized spacial score (nSPS) is 11.6. The van der Waals surface area contributed by atoms with Gasteiger partial charge < -0.3 is 11.1 Å². The second-order valence-corrected chi connectivity index (χ2v) is 5.49. The van der Waals surface area contributed by atoms with Crippen molar-refractivity contribution in [2.24, 2.45) is 5.73 Å². The van der Waals surface area contributed by atoms with Crippen LogP contribution in [0.2, 0.25) is 5.02 Å². The largest absolute Gasteiger partial charge is 0.345 e. The summed E-state index contributed by atoms with van der Waals surface area (Å²) in [5.41, 5.74) is 6.38. The lowest BCUT2D eigenvalue weighted by Crippen LogP contribution is -2.41. The first-order valence-electron chi connectivity index (χ1n) is 6.80. The standard InChI is InChI=1S/C14H16ClF2N5O/c1-8-5-9(2)22(21-8)11-4-3-10(15)12(20-11)13(23)19-7-14(16,17)6-18/h3-5H,6-7,18H2,1-2H3,(H,19,23). The Hall–Kier alpha value is -2.06. The summed E-state index contributed by atoms with van der Waals surface area (Å²) in [5.74, 6) is -3.61. The SMILES string of the molecule is Cc1cc(C)n(-c2ccc(Cl)c(C(=O)NCC(F)(F)CN)n2)n1. The maximum absolute atomic E-state index is 13.1. The molecule has 3 N–H and O–H groups in total. The van der Waals surface area contributed by atoms with Crippen molar-refractivity contribution >= 4 is 17.5 Å². The van der Waals surface area contributed by atoms with Crippen LogP contribution in [0.1, 0.15) is 21.9 Å². The maximum atomic E-state index is 13.1. The fourth-order valence-electron chi connectivity index (χ4n) is 1.94. The molecule has 6 nitrogen and oxygen atoms in total. The molecule has 2 aromatic rings. The van der Waals surface area contributed by atoms with Gasteiger partial charge in [0.1, 0.15) is 5.69 Å². The molecule has 0 aliphatic rings. The Labute approximate surface area is 136 Å². The zero-order chi connectivity index (χ0) is 17.2. The Morgan fingerprint density at radius 2 is 2.13 bits per heavy atom. The van der Waals surface area contributed by atoms with Gasteiger partial charge in [-0.1, -0.05) is 11.6 Å². The summed E-state index contributed by atoms with van der Waals surface area (Å²) in [6, 6.07) is 4.90. The topological polar surface area (TPSA) is 85.8 Å². The monoisotopic (exact) mass is 343 g/mol. The second-order valence-electron chi connectivity index (χ2n) is 5.08. The minimum Gasteiger partial charge on any atom is -0.345 e. The van der Waals surface area contributed by atoms with E-state index >= 15 is 0 Å². The summed E-state index contributed by atoms with van der Waals surface area (Å²) in [5, 5.41) is 6.39. The Morgan fingerprint density at radius 1 is 1.43 bits per heavy atom. The van der Waals surface area contributed by atoms with E-state index in [1.54, 1.807) is 6.07 Å². The van der Waals surface area contributed by atoms with Crippen molar-refractivity contribution in [3.8, 4) is 5.82 Å². The molecule has 124 valence electrons. The minimum absolute atomic E-state index is 0.0591. The summed E-state index contributed by atoms with van der Waals surface area (Å²) in [6.07, 6.45) is 0. The van der Waals surface area contributed by atoms with Crippen LogP contribution in [0.5, 0.6) is 0 Å². The van der Waals surface area contributed by atoms with Crippen LogP contribution in [0.3, 0.4) is 0 Å². The molecule has 0 saturated heterocycles. The molecule has 0 spiro atoms. The van der Waals surface area contributed by atoms with E-state index in [0.717, 1.165) is 11.4 Å². The molecular formula is C14H16ClF2N5O. The molecule has 1 amide bonds. The first-order valence-corrected chi connectivity index (χ1v) is 7.17. The number of nitrogens with two attached hydrogens (primary N) is 1. The molecule has 2 heterocycles. The summed E-state index contributed by atoms with van der Waals surface area (Å²) in [7, 11) is 0. The summed E-state index contributed by atoms with van der Waals surface area (Å²) in [6.45, 7) is 1.91. The number of alkyl halides is 2. The lowest BCUT2D eigenvalue weighted by Gasteiger charge is -2.15. The van der Waals surface area contributed by atoms with E-state index in [1.807, 2.05) is 19.9 Å².